The van der Waals surface area contributed by atoms with Crippen molar-refractivity contribution < 1.29 is 40.2 Å². The maximum absolute atomic E-state index is 14.4. The first-order valence-electron chi connectivity index (χ1n) is 10.2. The van der Waals surface area contributed by atoms with Crippen LogP contribution in [0.5, 0.6) is 11.5 Å². The topological polar surface area (TPSA) is 44.2 Å². The Morgan fingerprint density at radius 2 is 1.32 bits per heavy atom. The van der Waals surface area contributed by atoms with Gasteiger partial charge in [-0.1, -0.05) is 19.8 Å². The molecule has 182 valence electrons. The highest BCUT2D eigenvalue weighted by Gasteiger charge is 2.41. The molecule has 0 bridgehead atoms. The maximum Gasteiger partial charge on any atom is 0.462 e. The average molecular weight is 488 g/mol. The van der Waals surface area contributed by atoms with Crippen molar-refractivity contribution in [3.63, 3.8) is 0 Å². The Kier molecular flexibility index (Phi) is 7.63. The van der Waals surface area contributed by atoms with E-state index in [0.29, 0.717) is 42.3 Å². The Balaban J connectivity index is 1.72. The number of ether oxygens (including phenoxy) is 2. The first-order chi connectivity index (χ1) is 16.0. The lowest BCUT2D eigenvalue weighted by atomic mass is 10.1. The van der Waals surface area contributed by atoms with Gasteiger partial charge in [-0.2, -0.15) is 17.6 Å². The molecule has 3 rings (SSSR count). The zero-order chi connectivity index (χ0) is 24.9. The molecule has 0 N–H and O–H groups in total. The Morgan fingerprint density at radius 1 is 0.735 bits per heavy atom. The molecule has 0 unspecified atom stereocenters. The number of rotatable bonds is 10. The second-order valence-electron chi connectivity index (χ2n) is 7.33. The fourth-order valence-electron chi connectivity index (χ4n) is 2.95. The van der Waals surface area contributed by atoms with E-state index in [1.807, 2.05) is 6.92 Å². The highest BCUT2D eigenvalue weighted by molar-refractivity contribution is 5.32. The predicted octanol–water partition coefficient (Wildman–Crippen LogP) is 6.88. The van der Waals surface area contributed by atoms with Crippen LogP contribution < -0.4 is 9.47 Å². The number of nitrogens with zero attached hydrogens (tertiary/aromatic N) is 2. The zero-order valence-corrected chi connectivity index (χ0v) is 17.8. The largest absolute Gasteiger partial charge is 0.462 e. The number of benzene rings is 2. The van der Waals surface area contributed by atoms with E-state index in [4.69, 9.17) is 0 Å². The maximum atomic E-state index is 14.4. The molecular weight excluding hydrogens is 469 g/mol. The minimum atomic E-state index is -4.33. The van der Waals surface area contributed by atoms with Gasteiger partial charge >= 0.3 is 12.2 Å². The van der Waals surface area contributed by atoms with Crippen molar-refractivity contribution in [2.45, 2.75) is 44.8 Å². The van der Waals surface area contributed by atoms with Crippen molar-refractivity contribution >= 4 is 0 Å². The van der Waals surface area contributed by atoms with E-state index in [0.717, 1.165) is 25.3 Å². The van der Waals surface area contributed by atoms with Gasteiger partial charge in [-0.3, -0.25) is 0 Å². The minimum Gasteiger partial charge on any atom is -0.429 e. The van der Waals surface area contributed by atoms with Gasteiger partial charge in [0.15, 0.2) is 11.6 Å². The highest BCUT2D eigenvalue weighted by atomic mass is 19.3. The number of unbranched alkanes of at least 4 members (excludes halogenated alkanes) is 2. The van der Waals surface area contributed by atoms with Crippen LogP contribution in [0.1, 0.15) is 43.1 Å². The van der Waals surface area contributed by atoms with Crippen LogP contribution in [-0.2, 0) is 18.6 Å². The Morgan fingerprint density at radius 3 is 1.91 bits per heavy atom. The molecule has 0 aliphatic heterocycles. The summed E-state index contributed by atoms with van der Waals surface area (Å²) in [6, 6.07) is 3.08. The fourth-order valence-corrected chi connectivity index (χ4v) is 2.95. The van der Waals surface area contributed by atoms with Crippen molar-refractivity contribution in [1.82, 2.24) is 9.97 Å². The molecule has 0 radical (unpaired) electrons. The van der Waals surface area contributed by atoms with Gasteiger partial charge in [0.2, 0.25) is 5.82 Å². The zero-order valence-electron chi connectivity index (χ0n) is 17.8. The van der Waals surface area contributed by atoms with Gasteiger partial charge in [-0.15, -0.1) is 0 Å². The van der Waals surface area contributed by atoms with E-state index >= 15 is 0 Å². The standard InChI is InChI=1S/C23H19F7N2O2/c1-2-3-4-5-14-12-31-21(32-13-14)23(29,30)34-15-6-8-17(19(25)10-15)22(27,28)33-16-7-9-18(24)20(26)11-16/h6-13H,2-5H2,1H3. The second kappa shape index (κ2) is 10.3. The Labute approximate surface area is 190 Å². The first kappa shape index (κ1) is 25.3. The number of alkyl halides is 4. The monoisotopic (exact) mass is 488 g/mol. The quantitative estimate of drug-likeness (QED) is 0.231. The van der Waals surface area contributed by atoms with E-state index in [-0.39, 0.29) is 0 Å². The third-order valence-corrected chi connectivity index (χ3v) is 4.67. The van der Waals surface area contributed by atoms with E-state index < -0.39 is 52.6 Å². The molecule has 11 heteroatoms. The summed E-state index contributed by atoms with van der Waals surface area (Å²) in [5.41, 5.74) is -0.674. The van der Waals surface area contributed by atoms with E-state index in [1.54, 1.807) is 0 Å². The number of halogens is 7. The molecular formula is C23H19F7N2O2. The molecule has 0 atom stereocenters. The van der Waals surface area contributed by atoms with Crippen LogP contribution in [0.15, 0.2) is 48.8 Å². The summed E-state index contributed by atoms with van der Waals surface area (Å²) in [5.74, 6) is -6.90. The summed E-state index contributed by atoms with van der Waals surface area (Å²) in [6.07, 6.45) is -2.51. The second-order valence-corrected chi connectivity index (χ2v) is 7.33. The number of aryl methyl sites for hydroxylation is 1. The number of hydrogen-bond acceptors (Lipinski definition) is 4. The summed E-state index contributed by atoms with van der Waals surface area (Å²) in [7, 11) is 0. The predicted molar refractivity (Wildman–Crippen MR) is 107 cm³/mol. The molecule has 2 aromatic carbocycles. The van der Waals surface area contributed by atoms with Gasteiger partial charge in [0, 0.05) is 24.5 Å². The molecule has 0 saturated carbocycles. The molecule has 0 amide bonds. The first-order valence-corrected chi connectivity index (χ1v) is 10.2. The molecule has 0 fully saturated rings. The normalized spacial score (nSPS) is 12.0. The smallest absolute Gasteiger partial charge is 0.429 e. The number of aromatic nitrogens is 2. The van der Waals surface area contributed by atoms with Crippen LogP contribution in [-0.4, -0.2) is 9.97 Å². The number of hydrogen-bond donors (Lipinski definition) is 0. The molecule has 3 aromatic rings. The Hall–Kier alpha value is -3.37. The van der Waals surface area contributed by atoms with E-state index in [9.17, 15) is 30.7 Å². The highest BCUT2D eigenvalue weighted by Crippen LogP contribution is 2.36. The van der Waals surface area contributed by atoms with Crippen LogP contribution in [0, 0.1) is 17.5 Å². The summed E-state index contributed by atoms with van der Waals surface area (Å²) in [5, 5.41) is 0. The molecule has 0 saturated heterocycles. The van der Waals surface area contributed by atoms with Crippen molar-refractivity contribution in [2.24, 2.45) is 0 Å². The molecule has 0 aliphatic rings. The third-order valence-electron chi connectivity index (χ3n) is 4.67. The van der Waals surface area contributed by atoms with Crippen LogP contribution in [0.2, 0.25) is 0 Å². The minimum absolute atomic E-state index is 0.310. The molecule has 4 nitrogen and oxygen atoms in total. The summed E-state index contributed by atoms with van der Waals surface area (Å²) in [4.78, 5) is 7.17. The van der Waals surface area contributed by atoms with E-state index in [1.165, 1.54) is 12.4 Å². The van der Waals surface area contributed by atoms with Gasteiger partial charge in [-0.25, -0.2) is 23.1 Å². The van der Waals surface area contributed by atoms with Crippen LogP contribution in [0.4, 0.5) is 30.7 Å². The lowest BCUT2D eigenvalue weighted by molar-refractivity contribution is -0.192. The SMILES string of the molecule is CCCCCc1cnc(C(F)(F)Oc2ccc(C(F)(F)Oc3ccc(F)c(F)c3)c(F)c2)nc1. The molecule has 34 heavy (non-hydrogen) atoms. The van der Waals surface area contributed by atoms with Gasteiger partial charge in [-0.05, 0) is 42.7 Å². The average Bonchev–Trinajstić information content (AvgIpc) is 2.76. The molecule has 1 heterocycles. The van der Waals surface area contributed by atoms with Crippen LogP contribution in [0.25, 0.3) is 0 Å². The lowest BCUT2D eigenvalue weighted by Crippen LogP contribution is -2.26. The summed E-state index contributed by atoms with van der Waals surface area (Å²) in [6.45, 7) is 2.02. The lowest BCUT2D eigenvalue weighted by Gasteiger charge is -2.20. The van der Waals surface area contributed by atoms with Gasteiger partial charge in [0.1, 0.15) is 22.9 Å². The van der Waals surface area contributed by atoms with E-state index in [2.05, 4.69) is 19.4 Å². The van der Waals surface area contributed by atoms with Crippen molar-refractivity contribution in [1.29, 1.82) is 0 Å². The fraction of sp³-hybridized carbons (Fsp3) is 0.304. The molecule has 0 aliphatic carbocycles. The van der Waals surface area contributed by atoms with Crippen LogP contribution in [0.3, 0.4) is 0 Å². The molecule has 1 aromatic heterocycles. The summed E-state index contributed by atoms with van der Waals surface area (Å²) < 4.78 is 107. The van der Waals surface area contributed by atoms with Crippen molar-refractivity contribution in [2.75, 3.05) is 0 Å². The van der Waals surface area contributed by atoms with Crippen LogP contribution >= 0.6 is 0 Å². The van der Waals surface area contributed by atoms with Crippen molar-refractivity contribution in [3.8, 4) is 11.5 Å². The third kappa shape index (κ3) is 6.15. The van der Waals surface area contributed by atoms with Gasteiger partial charge in [0.25, 0.3) is 0 Å². The summed E-state index contributed by atoms with van der Waals surface area (Å²) >= 11 is 0. The van der Waals surface area contributed by atoms with Gasteiger partial charge in [0.05, 0.1) is 0 Å². The van der Waals surface area contributed by atoms with Gasteiger partial charge < -0.3 is 9.47 Å². The molecule has 0 spiro atoms. The van der Waals surface area contributed by atoms with Crippen molar-refractivity contribution in [3.05, 3.63) is 83.2 Å². The Bertz CT molecular complexity index is 1120.